The highest BCUT2D eigenvalue weighted by Gasteiger charge is 2.39. The van der Waals surface area contributed by atoms with Gasteiger partial charge in [0.1, 0.15) is 0 Å². The van der Waals surface area contributed by atoms with Crippen LogP contribution < -0.4 is 5.32 Å². The molecule has 138 valence electrons. The fraction of sp³-hybridized carbons (Fsp3) is 0.650. The highest BCUT2D eigenvalue weighted by molar-refractivity contribution is 5.85. The van der Waals surface area contributed by atoms with Gasteiger partial charge in [-0.2, -0.15) is 0 Å². The molecule has 25 heavy (non-hydrogen) atoms. The van der Waals surface area contributed by atoms with Gasteiger partial charge in [-0.25, -0.2) is 0 Å². The highest BCUT2D eigenvalue weighted by atomic mass is 16.5. The van der Waals surface area contributed by atoms with Gasteiger partial charge in [0.2, 0.25) is 5.91 Å². The first-order valence-electron chi connectivity index (χ1n) is 9.33. The normalized spacial score (nSPS) is 28.5. The van der Waals surface area contributed by atoms with E-state index in [2.05, 4.69) is 10.2 Å². The Bertz CT molecular complexity index is 574. The second kappa shape index (κ2) is 7.44. The van der Waals surface area contributed by atoms with Crippen LogP contribution in [-0.2, 0) is 15.1 Å². The zero-order chi connectivity index (χ0) is 17.9. The molecule has 0 unspecified atom stereocenters. The van der Waals surface area contributed by atoms with Crippen molar-refractivity contribution in [3.63, 3.8) is 0 Å². The van der Waals surface area contributed by atoms with Crippen molar-refractivity contribution in [1.82, 2.24) is 10.2 Å². The van der Waals surface area contributed by atoms with Gasteiger partial charge in [0, 0.05) is 19.1 Å². The smallest absolute Gasteiger partial charge is 0.240 e. The molecule has 2 aliphatic rings. The second-order valence-electron chi connectivity index (χ2n) is 7.80. The number of nitrogens with zero attached hydrogens (tertiary/aromatic N) is 1. The summed E-state index contributed by atoms with van der Waals surface area (Å²) in [7, 11) is 0. The van der Waals surface area contributed by atoms with E-state index < -0.39 is 11.1 Å². The van der Waals surface area contributed by atoms with Crippen LogP contribution in [0.3, 0.4) is 0 Å². The van der Waals surface area contributed by atoms with Crippen LogP contribution in [-0.4, -0.2) is 53.8 Å². The van der Waals surface area contributed by atoms with E-state index in [-0.39, 0.29) is 11.9 Å². The van der Waals surface area contributed by atoms with Crippen LogP contribution in [0.2, 0.25) is 0 Å². The lowest BCUT2D eigenvalue weighted by molar-refractivity contribution is -0.136. The lowest BCUT2D eigenvalue weighted by atomic mass is 9.77. The van der Waals surface area contributed by atoms with Gasteiger partial charge in [-0.15, -0.1) is 0 Å². The van der Waals surface area contributed by atoms with Crippen molar-refractivity contribution in [3.8, 4) is 0 Å². The average molecular weight is 346 g/mol. The van der Waals surface area contributed by atoms with Gasteiger partial charge in [0.25, 0.3) is 0 Å². The van der Waals surface area contributed by atoms with Crippen molar-refractivity contribution in [2.24, 2.45) is 0 Å². The number of carbonyl (C=O) groups is 1. The Morgan fingerprint density at radius 3 is 2.40 bits per heavy atom. The Kier molecular flexibility index (Phi) is 5.46. The number of hydrogen-bond donors (Lipinski definition) is 2. The van der Waals surface area contributed by atoms with Gasteiger partial charge in [-0.3, -0.25) is 9.69 Å². The Hall–Kier alpha value is -1.43. The predicted octanol–water partition coefficient (Wildman–Crippen LogP) is 2.04. The van der Waals surface area contributed by atoms with E-state index in [1.54, 1.807) is 0 Å². The molecule has 2 fully saturated rings. The van der Waals surface area contributed by atoms with Gasteiger partial charge in [-0.05, 0) is 45.1 Å². The Balaban J connectivity index is 1.55. The molecule has 1 aromatic rings. The molecule has 1 amide bonds. The first kappa shape index (κ1) is 18.4. The molecule has 1 heterocycles. The summed E-state index contributed by atoms with van der Waals surface area (Å²) in [6.07, 6.45) is 2.96. The predicted molar refractivity (Wildman–Crippen MR) is 97.2 cm³/mol. The third-order valence-electron chi connectivity index (χ3n) is 5.82. The minimum atomic E-state index is -0.762. The van der Waals surface area contributed by atoms with Gasteiger partial charge in [0.15, 0.2) is 0 Å². The molecule has 5 heteroatoms. The fourth-order valence-corrected chi connectivity index (χ4v) is 3.90. The number of morpholine rings is 1. The monoisotopic (exact) mass is 346 g/mol. The van der Waals surface area contributed by atoms with Crippen molar-refractivity contribution in [2.75, 3.05) is 26.3 Å². The molecular formula is C20H30N2O3. The van der Waals surface area contributed by atoms with E-state index in [0.717, 1.165) is 31.5 Å². The average Bonchev–Trinajstić information content (AvgIpc) is 2.65. The lowest BCUT2D eigenvalue weighted by Gasteiger charge is -2.41. The van der Waals surface area contributed by atoms with Crippen molar-refractivity contribution in [1.29, 1.82) is 0 Å². The standard InChI is InChI=1S/C20H30N2O3/c1-19(2,22-12-14-25-15-13-22)18(23)21-17-8-10-20(24,11-9-17)16-6-4-3-5-7-16/h3-7,17,24H,8-15H2,1-2H3,(H,21,23). The molecule has 1 aliphatic carbocycles. The second-order valence-corrected chi connectivity index (χ2v) is 7.80. The molecule has 2 N–H and O–H groups in total. The van der Waals surface area contributed by atoms with Crippen molar-refractivity contribution < 1.29 is 14.6 Å². The molecule has 1 saturated heterocycles. The molecule has 0 atom stereocenters. The summed E-state index contributed by atoms with van der Waals surface area (Å²) in [5.74, 6) is 0.0737. The van der Waals surface area contributed by atoms with Crippen LogP contribution in [0.4, 0.5) is 0 Å². The van der Waals surface area contributed by atoms with Crippen LogP contribution in [0.5, 0.6) is 0 Å². The van der Waals surface area contributed by atoms with Crippen LogP contribution in [0.15, 0.2) is 30.3 Å². The first-order valence-corrected chi connectivity index (χ1v) is 9.33. The summed E-state index contributed by atoms with van der Waals surface area (Å²) < 4.78 is 5.39. The summed E-state index contributed by atoms with van der Waals surface area (Å²) in [6, 6.07) is 10.0. The topological polar surface area (TPSA) is 61.8 Å². The third-order valence-corrected chi connectivity index (χ3v) is 5.82. The number of benzene rings is 1. The molecule has 3 rings (SSSR count). The van der Waals surface area contributed by atoms with Crippen molar-refractivity contribution >= 4 is 5.91 Å². The number of hydrogen-bond acceptors (Lipinski definition) is 4. The van der Waals surface area contributed by atoms with Crippen LogP contribution in [0.1, 0.15) is 45.1 Å². The fourth-order valence-electron chi connectivity index (χ4n) is 3.90. The van der Waals surface area contributed by atoms with E-state index >= 15 is 0 Å². The molecule has 0 spiro atoms. The summed E-state index contributed by atoms with van der Waals surface area (Å²) in [5.41, 5.74) is -0.312. The number of carbonyl (C=O) groups excluding carboxylic acids is 1. The van der Waals surface area contributed by atoms with Gasteiger partial charge in [-0.1, -0.05) is 30.3 Å². The lowest BCUT2D eigenvalue weighted by Crippen LogP contribution is -2.59. The first-order chi connectivity index (χ1) is 11.9. The number of nitrogens with one attached hydrogen (secondary N) is 1. The maximum Gasteiger partial charge on any atom is 0.240 e. The molecule has 0 aromatic heterocycles. The number of rotatable bonds is 4. The Morgan fingerprint density at radius 1 is 1.20 bits per heavy atom. The molecule has 1 aromatic carbocycles. The third kappa shape index (κ3) is 4.05. The maximum absolute atomic E-state index is 12.8. The van der Waals surface area contributed by atoms with Gasteiger partial charge < -0.3 is 15.2 Å². The Morgan fingerprint density at radius 2 is 1.80 bits per heavy atom. The van der Waals surface area contributed by atoms with Crippen LogP contribution in [0, 0.1) is 0 Å². The van der Waals surface area contributed by atoms with Crippen molar-refractivity contribution in [3.05, 3.63) is 35.9 Å². The summed E-state index contributed by atoms with van der Waals surface area (Å²) >= 11 is 0. The van der Waals surface area contributed by atoms with E-state index in [9.17, 15) is 9.90 Å². The quantitative estimate of drug-likeness (QED) is 0.876. The summed E-state index contributed by atoms with van der Waals surface area (Å²) in [6.45, 7) is 6.92. The largest absolute Gasteiger partial charge is 0.385 e. The number of aliphatic hydroxyl groups is 1. The summed E-state index contributed by atoms with van der Waals surface area (Å²) in [4.78, 5) is 15.0. The highest BCUT2D eigenvalue weighted by Crippen LogP contribution is 2.37. The summed E-state index contributed by atoms with van der Waals surface area (Å²) in [5, 5.41) is 14.1. The molecule has 1 saturated carbocycles. The SMILES string of the molecule is CC(C)(C(=O)NC1CCC(O)(c2ccccc2)CC1)N1CCOCC1. The zero-order valence-corrected chi connectivity index (χ0v) is 15.3. The van der Waals surface area contributed by atoms with Crippen molar-refractivity contribution in [2.45, 2.75) is 56.7 Å². The maximum atomic E-state index is 12.8. The van der Waals surface area contributed by atoms with Gasteiger partial charge in [0.05, 0.1) is 24.4 Å². The molecule has 1 aliphatic heterocycles. The molecule has 5 nitrogen and oxygen atoms in total. The molecule has 0 bridgehead atoms. The van der Waals surface area contributed by atoms with E-state index in [4.69, 9.17) is 4.74 Å². The zero-order valence-electron chi connectivity index (χ0n) is 15.3. The minimum absolute atomic E-state index is 0.0737. The van der Waals surface area contributed by atoms with E-state index in [1.807, 2.05) is 44.2 Å². The molecule has 0 radical (unpaired) electrons. The molecular weight excluding hydrogens is 316 g/mol. The van der Waals surface area contributed by atoms with Gasteiger partial charge >= 0.3 is 0 Å². The van der Waals surface area contributed by atoms with Crippen LogP contribution >= 0.6 is 0 Å². The van der Waals surface area contributed by atoms with E-state index in [1.165, 1.54) is 0 Å². The Labute approximate surface area is 150 Å². The number of amides is 1. The number of ether oxygens (including phenoxy) is 1. The van der Waals surface area contributed by atoms with Crippen LogP contribution in [0.25, 0.3) is 0 Å². The minimum Gasteiger partial charge on any atom is -0.385 e. The van der Waals surface area contributed by atoms with E-state index in [0.29, 0.717) is 26.1 Å².